The van der Waals surface area contributed by atoms with Crippen LogP contribution in [0, 0.1) is 22.7 Å². The van der Waals surface area contributed by atoms with E-state index in [0.717, 1.165) is 44.9 Å². The molecule has 2 nitrogen and oxygen atoms in total. The first-order valence-corrected chi connectivity index (χ1v) is 7.27. The predicted molar refractivity (Wildman–Crippen MR) is 70.4 cm³/mol. The van der Waals surface area contributed by atoms with Gasteiger partial charge in [-0.3, -0.25) is 0 Å². The molecule has 0 heterocycles. The van der Waals surface area contributed by atoms with Crippen LogP contribution in [0.15, 0.2) is 0 Å². The Balaban J connectivity index is 2.57. The van der Waals surface area contributed by atoms with Crippen LogP contribution in [0.25, 0.3) is 0 Å². The molecule has 0 radical (unpaired) electrons. The molecule has 0 amide bonds. The molecule has 1 N–H and O–H groups in total. The van der Waals surface area contributed by atoms with Crippen LogP contribution in [0.4, 0.5) is 0 Å². The summed E-state index contributed by atoms with van der Waals surface area (Å²) < 4.78 is 0. The fourth-order valence-electron chi connectivity index (χ4n) is 3.12. The molecule has 3 unspecified atom stereocenters. The zero-order valence-corrected chi connectivity index (χ0v) is 11.4. The highest BCUT2D eigenvalue weighted by Crippen LogP contribution is 2.43. The van der Waals surface area contributed by atoms with E-state index in [1.807, 2.05) is 0 Å². The molecular formula is C15H27NO. The number of nitrogens with zero attached hydrogens (tertiary/aromatic N) is 1. The van der Waals surface area contributed by atoms with Gasteiger partial charge in [0.15, 0.2) is 0 Å². The summed E-state index contributed by atoms with van der Waals surface area (Å²) in [5.74, 6) is 0.643. The van der Waals surface area contributed by atoms with Gasteiger partial charge in [-0.2, -0.15) is 5.26 Å². The number of hydrogen-bond donors (Lipinski definition) is 1. The van der Waals surface area contributed by atoms with Gasteiger partial charge in [-0.15, -0.1) is 0 Å². The van der Waals surface area contributed by atoms with E-state index in [1.54, 1.807) is 0 Å². The van der Waals surface area contributed by atoms with E-state index < -0.39 is 11.5 Å². The molecule has 0 aromatic heterocycles. The maximum Gasteiger partial charge on any atom is 0.0834 e. The summed E-state index contributed by atoms with van der Waals surface area (Å²) in [5.41, 5.74) is -0.438. The number of nitriles is 1. The fraction of sp³-hybridized carbons (Fsp3) is 0.933. The summed E-state index contributed by atoms with van der Waals surface area (Å²) in [7, 11) is 0. The average molecular weight is 237 g/mol. The standard InChI is InChI=1S/C15H27NO/c1-3-5-6-9-14(17)15(12-16)10-7-8-13(4-2)11-15/h13-14,17H,3-11H2,1-2H3. The predicted octanol–water partition coefficient (Wildman–Crippen LogP) is 4.04. The Hall–Kier alpha value is -0.550. The van der Waals surface area contributed by atoms with Gasteiger partial charge in [0.1, 0.15) is 0 Å². The van der Waals surface area contributed by atoms with E-state index in [-0.39, 0.29) is 0 Å². The van der Waals surface area contributed by atoms with Gasteiger partial charge in [-0.25, -0.2) is 0 Å². The van der Waals surface area contributed by atoms with Crippen molar-refractivity contribution in [1.82, 2.24) is 0 Å². The number of aliphatic hydroxyl groups excluding tert-OH is 1. The molecular weight excluding hydrogens is 210 g/mol. The molecule has 1 fully saturated rings. The Labute approximate surface area is 106 Å². The van der Waals surface area contributed by atoms with Crippen LogP contribution in [0.1, 0.15) is 71.6 Å². The van der Waals surface area contributed by atoms with Gasteiger partial charge in [0.25, 0.3) is 0 Å². The SMILES string of the molecule is CCCCCC(O)C1(C#N)CCCC(CC)C1. The van der Waals surface area contributed by atoms with Crippen LogP contribution < -0.4 is 0 Å². The summed E-state index contributed by atoms with van der Waals surface area (Å²) in [6.07, 6.45) is 9.08. The molecule has 1 aliphatic carbocycles. The molecule has 98 valence electrons. The van der Waals surface area contributed by atoms with Crippen molar-refractivity contribution in [2.24, 2.45) is 11.3 Å². The van der Waals surface area contributed by atoms with Crippen LogP contribution in [-0.2, 0) is 0 Å². The molecule has 0 aliphatic heterocycles. The Kier molecular flexibility index (Phi) is 5.98. The maximum absolute atomic E-state index is 10.3. The van der Waals surface area contributed by atoms with Crippen LogP contribution in [0.5, 0.6) is 0 Å². The second kappa shape index (κ2) is 7.01. The average Bonchev–Trinajstić information content (AvgIpc) is 2.38. The van der Waals surface area contributed by atoms with E-state index in [9.17, 15) is 10.4 Å². The molecule has 1 saturated carbocycles. The van der Waals surface area contributed by atoms with E-state index in [0.29, 0.717) is 5.92 Å². The minimum Gasteiger partial charge on any atom is -0.391 e. The lowest BCUT2D eigenvalue weighted by molar-refractivity contribution is 0.0129. The number of hydrogen-bond acceptors (Lipinski definition) is 2. The normalized spacial score (nSPS) is 30.8. The van der Waals surface area contributed by atoms with Crippen molar-refractivity contribution in [2.45, 2.75) is 77.7 Å². The van der Waals surface area contributed by atoms with E-state index in [1.165, 1.54) is 12.8 Å². The molecule has 0 bridgehead atoms. The van der Waals surface area contributed by atoms with Crippen molar-refractivity contribution in [2.75, 3.05) is 0 Å². The second-order valence-corrected chi connectivity index (χ2v) is 5.65. The van der Waals surface area contributed by atoms with Crippen LogP contribution in [0.2, 0.25) is 0 Å². The molecule has 3 atom stereocenters. The Morgan fingerprint density at radius 2 is 2.18 bits per heavy atom. The van der Waals surface area contributed by atoms with Gasteiger partial charge in [-0.05, 0) is 25.2 Å². The quantitative estimate of drug-likeness (QED) is 0.709. The summed E-state index contributed by atoms with van der Waals surface area (Å²) in [4.78, 5) is 0. The number of aliphatic hydroxyl groups is 1. The van der Waals surface area contributed by atoms with Crippen LogP contribution in [-0.4, -0.2) is 11.2 Å². The molecule has 1 rings (SSSR count). The molecule has 17 heavy (non-hydrogen) atoms. The third-order valence-corrected chi connectivity index (χ3v) is 4.41. The first kappa shape index (κ1) is 14.5. The van der Waals surface area contributed by atoms with Gasteiger partial charge in [-0.1, -0.05) is 52.4 Å². The maximum atomic E-state index is 10.3. The smallest absolute Gasteiger partial charge is 0.0834 e. The Morgan fingerprint density at radius 3 is 2.76 bits per heavy atom. The molecule has 0 saturated heterocycles. The minimum atomic E-state index is -0.438. The Bertz CT molecular complexity index is 258. The van der Waals surface area contributed by atoms with Crippen LogP contribution >= 0.6 is 0 Å². The molecule has 0 aromatic rings. The highest BCUT2D eigenvalue weighted by Gasteiger charge is 2.41. The zero-order valence-electron chi connectivity index (χ0n) is 11.4. The van der Waals surface area contributed by atoms with Crippen molar-refractivity contribution in [1.29, 1.82) is 5.26 Å². The van der Waals surface area contributed by atoms with Crippen molar-refractivity contribution in [3.05, 3.63) is 0 Å². The van der Waals surface area contributed by atoms with Gasteiger partial charge in [0.2, 0.25) is 0 Å². The highest BCUT2D eigenvalue weighted by molar-refractivity contribution is 5.06. The zero-order chi connectivity index (χ0) is 12.7. The minimum absolute atomic E-state index is 0.409. The van der Waals surface area contributed by atoms with Gasteiger partial charge in [0, 0.05) is 0 Å². The summed E-state index contributed by atoms with van der Waals surface area (Å²) in [6, 6.07) is 2.46. The lowest BCUT2D eigenvalue weighted by atomic mass is 9.66. The highest BCUT2D eigenvalue weighted by atomic mass is 16.3. The van der Waals surface area contributed by atoms with Crippen LogP contribution in [0.3, 0.4) is 0 Å². The monoisotopic (exact) mass is 237 g/mol. The van der Waals surface area contributed by atoms with E-state index in [2.05, 4.69) is 19.9 Å². The molecule has 0 aromatic carbocycles. The summed E-state index contributed by atoms with van der Waals surface area (Å²) in [6.45, 7) is 4.36. The van der Waals surface area contributed by atoms with Gasteiger partial charge < -0.3 is 5.11 Å². The first-order chi connectivity index (χ1) is 8.18. The van der Waals surface area contributed by atoms with Crippen molar-refractivity contribution >= 4 is 0 Å². The summed E-state index contributed by atoms with van der Waals surface area (Å²) >= 11 is 0. The van der Waals surface area contributed by atoms with Gasteiger partial charge in [0.05, 0.1) is 17.6 Å². The first-order valence-electron chi connectivity index (χ1n) is 7.27. The van der Waals surface area contributed by atoms with Crippen molar-refractivity contribution in [3.8, 4) is 6.07 Å². The third-order valence-electron chi connectivity index (χ3n) is 4.41. The number of rotatable bonds is 6. The van der Waals surface area contributed by atoms with Gasteiger partial charge >= 0.3 is 0 Å². The number of unbranched alkanes of at least 4 members (excludes halogenated alkanes) is 2. The third kappa shape index (κ3) is 3.71. The van der Waals surface area contributed by atoms with Crippen molar-refractivity contribution < 1.29 is 5.11 Å². The molecule has 2 heteroatoms. The van der Waals surface area contributed by atoms with E-state index in [4.69, 9.17) is 0 Å². The fourth-order valence-corrected chi connectivity index (χ4v) is 3.12. The topological polar surface area (TPSA) is 44.0 Å². The summed E-state index contributed by atoms with van der Waals surface area (Å²) in [5, 5.41) is 19.8. The Morgan fingerprint density at radius 1 is 1.41 bits per heavy atom. The largest absolute Gasteiger partial charge is 0.391 e. The lowest BCUT2D eigenvalue weighted by Gasteiger charge is -2.39. The van der Waals surface area contributed by atoms with Crippen molar-refractivity contribution in [3.63, 3.8) is 0 Å². The molecule has 1 aliphatic rings. The molecule has 0 spiro atoms. The lowest BCUT2D eigenvalue weighted by Crippen LogP contribution is -2.38. The second-order valence-electron chi connectivity index (χ2n) is 5.65. The van der Waals surface area contributed by atoms with E-state index >= 15 is 0 Å².